The predicted molar refractivity (Wildman–Crippen MR) is 74.6 cm³/mol. The Morgan fingerprint density at radius 2 is 2.50 bits per heavy atom. The van der Waals surface area contributed by atoms with Crippen molar-refractivity contribution in [2.45, 2.75) is 18.5 Å². The number of nitrogens with zero attached hydrogens (tertiary/aromatic N) is 1. The Morgan fingerprint density at radius 3 is 3.00 bits per heavy atom. The van der Waals surface area contributed by atoms with Crippen LogP contribution < -0.4 is 5.73 Å². The number of hydrogen-bond donors (Lipinski definition) is 1. The topological polar surface area (TPSA) is 29.3 Å². The van der Waals surface area contributed by atoms with Gasteiger partial charge in [-0.15, -0.1) is 11.3 Å². The van der Waals surface area contributed by atoms with Crippen LogP contribution in [0.15, 0.2) is 11.4 Å². The molecule has 0 spiro atoms. The largest absolute Gasteiger partial charge is 0.329 e. The summed E-state index contributed by atoms with van der Waals surface area (Å²) in [4.78, 5) is 3.70. The van der Waals surface area contributed by atoms with Gasteiger partial charge >= 0.3 is 0 Å². The molecule has 1 fully saturated rings. The molecule has 2 N–H and O–H groups in total. The van der Waals surface area contributed by atoms with Gasteiger partial charge in [-0.05, 0) is 25.3 Å². The highest BCUT2D eigenvalue weighted by Crippen LogP contribution is 2.32. The van der Waals surface area contributed by atoms with E-state index in [2.05, 4.69) is 11.9 Å². The summed E-state index contributed by atoms with van der Waals surface area (Å²) in [6.07, 6.45) is 1.27. The molecule has 1 aliphatic rings. The van der Waals surface area contributed by atoms with Crippen LogP contribution in [0.3, 0.4) is 0 Å². The molecular formula is C11H17ClN2S2. The van der Waals surface area contributed by atoms with Crippen molar-refractivity contribution < 1.29 is 0 Å². The number of thioether (sulfide) groups is 1. The molecule has 2 unspecified atom stereocenters. The molecule has 1 aromatic rings. The molecule has 5 heteroatoms. The Balaban J connectivity index is 2.09. The van der Waals surface area contributed by atoms with Gasteiger partial charge in [0.1, 0.15) is 0 Å². The standard InChI is InChI=1S/C11H17ClN2S2/c1-14(9-2-3-15-7-9)10(5-13)11-4-8(12)6-16-11/h4,6,9-10H,2-3,5,7,13H2,1H3. The summed E-state index contributed by atoms with van der Waals surface area (Å²) in [5.41, 5.74) is 5.90. The van der Waals surface area contributed by atoms with Gasteiger partial charge in [-0.1, -0.05) is 11.6 Å². The average Bonchev–Trinajstić information content (AvgIpc) is 2.90. The van der Waals surface area contributed by atoms with Crippen LogP contribution in [0.2, 0.25) is 5.02 Å². The number of likely N-dealkylation sites (N-methyl/N-ethyl adjacent to an activating group) is 1. The maximum absolute atomic E-state index is 5.97. The fourth-order valence-electron chi connectivity index (χ4n) is 2.08. The second-order valence-electron chi connectivity index (χ2n) is 4.10. The average molecular weight is 277 g/mol. The quantitative estimate of drug-likeness (QED) is 0.917. The van der Waals surface area contributed by atoms with Crippen molar-refractivity contribution in [3.63, 3.8) is 0 Å². The highest BCUT2D eigenvalue weighted by molar-refractivity contribution is 7.99. The summed E-state index contributed by atoms with van der Waals surface area (Å²) in [5.74, 6) is 2.50. The minimum Gasteiger partial charge on any atom is -0.329 e. The zero-order valence-electron chi connectivity index (χ0n) is 9.36. The summed E-state index contributed by atoms with van der Waals surface area (Å²) in [6.45, 7) is 0.661. The zero-order chi connectivity index (χ0) is 11.5. The van der Waals surface area contributed by atoms with Gasteiger partial charge in [0.25, 0.3) is 0 Å². The Labute approximate surface area is 110 Å². The number of thiophene rings is 1. The van der Waals surface area contributed by atoms with Gasteiger partial charge in [-0.2, -0.15) is 11.8 Å². The van der Waals surface area contributed by atoms with E-state index in [0.29, 0.717) is 18.6 Å². The van der Waals surface area contributed by atoms with Crippen LogP contribution in [0.4, 0.5) is 0 Å². The smallest absolute Gasteiger partial charge is 0.0565 e. The first kappa shape index (κ1) is 12.7. The van der Waals surface area contributed by atoms with E-state index in [4.69, 9.17) is 17.3 Å². The lowest BCUT2D eigenvalue weighted by Gasteiger charge is -2.31. The van der Waals surface area contributed by atoms with E-state index in [0.717, 1.165) is 5.02 Å². The SMILES string of the molecule is CN(C1CCSC1)C(CN)c1cc(Cl)cs1. The fourth-order valence-corrected chi connectivity index (χ4v) is 4.61. The van der Waals surface area contributed by atoms with Crippen molar-refractivity contribution in [1.29, 1.82) is 0 Å². The summed E-state index contributed by atoms with van der Waals surface area (Å²) in [5, 5.41) is 2.81. The van der Waals surface area contributed by atoms with E-state index in [1.807, 2.05) is 23.2 Å². The molecule has 0 radical (unpaired) electrons. The van der Waals surface area contributed by atoms with E-state index in [9.17, 15) is 0 Å². The van der Waals surface area contributed by atoms with Gasteiger partial charge in [0, 0.05) is 28.6 Å². The van der Waals surface area contributed by atoms with Crippen LogP contribution in [0.25, 0.3) is 0 Å². The van der Waals surface area contributed by atoms with Crippen molar-refractivity contribution in [2.75, 3.05) is 25.1 Å². The van der Waals surface area contributed by atoms with Crippen molar-refractivity contribution in [1.82, 2.24) is 4.90 Å². The molecule has 0 aromatic carbocycles. The van der Waals surface area contributed by atoms with Crippen LogP contribution in [-0.4, -0.2) is 36.0 Å². The Hall–Kier alpha value is 0.260. The molecular weight excluding hydrogens is 260 g/mol. The third-order valence-corrected chi connectivity index (χ3v) is 5.64. The van der Waals surface area contributed by atoms with Crippen molar-refractivity contribution in [3.05, 3.63) is 21.3 Å². The minimum atomic E-state index is 0.321. The Bertz CT molecular complexity index is 336. The van der Waals surface area contributed by atoms with Gasteiger partial charge < -0.3 is 5.73 Å². The predicted octanol–water partition coefficient (Wildman–Crippen LogP) is 2.84. The molecule has 2 nitrogen and oxygen atoms in total. The lowest BCUT2D eigenvalue weighted by Crippen LogP contribution is -2.38. The normalized spacial score (nSPS) is 22.9. The van der Waals surface area contributed by atoms with Crippen molar-refractivity contribution in [2.24, 2.45) is 5.73 Å². The van der Waals surface area contributed by atoms with Crippen LogP contribution in [0.1, 0.15) is 17.3 Å². The molecule has 16 heavy (non-hydrogen) atoms. The first-order valence-electron chi connectivity index (χ1n) is 5.46. The van der Waals surface area contributed by atoms with Gasteiger partial charge in [0.2, 0.25) is 0 Å². The summed E-state index contributed by atoms with van der Waals surface area (Å²) >= 11 is 9.72. The molecule has 2 rings (SSSR count). The summed E-state index contributed by atoms with van der Waals surface area (Å²) in [6, 6.07) is 3.03. The van der Waals surface area contributed by atoms with Gasteiger partial charge in [0.05, 0.1) is 11.1 Å². The van der Waals surface area contributed by atoms with Gasteiger partial charge in [0.15, 0.2) is 0 Å². The van der Waals surface area contributed by atoms with Crippen LogP contribution in [0, 0.1) is 0 Å². The molecule has 0 amide bonds. The number of hydrogen-bond acceptors (Lipinski definition) is 4. The molecule has 90 valence electrons. The van der Waals surface area contributed by atoms with Crippen LogP contribution in [-0.2, 0) is 0 Å². The molecule has 1 aromatic heterocycles. The molecule has 1 aliphatic heterocycles. The Kier molecular flexibility index (Phi) is 4.56. The fraction of sp³-hybridized carbons (Fsp3) is 0.636. The molecule has 2 atom stereocenters. The highest BCUT2D eigenvalue weighted by atomic mass is 35.5. The maximum atomic E-state index is 5.97. The van der Waals surface area contributed by atoms with E-state index in [1.165, 1.54) is 22.8 Å². The van der Waals surface area contributed by atoms with Crippen LogP contribution in [0.5, 0.6) is 0 Å². The van der Waals surface area contributed by atoms with Gasteiger partial charge in [-0.25, -0.2) is 0 Å². The number of nitrogens with two attached hydrogens (primary N) is 1. The third-order valence-electron chi connectivity index (χ3n) is 3.11. The van der Waals surface area contributed by atoms with Crippen LogP contribution >= 0.6 is 34.7 Å². The summed E-state index contributed by atoms with van der Waals surface area (Å²) in [7, 11) is 2.18. The number of halogens is 1. The van der Waals surface area contributed by atoms with Gasteiger partial charge in [-0.3, -0.25) is 4.90 Å². The molecule has 0 bridgehead atoms. The highest BCUT2D eigenvalue weighted by Gasteiger charge is 2.26. The lowest BCUT2D eigenvalue weighted by atomic mass is 10.1. The van der Waals surface area contributed by atoms with E-state index < -0.39 is 0 Å². The zero-order valence-corrected chi connectivity index (χ0v) is 11.7. The second-order valence-corrected chi connectivity index (χ2v) is 6.63. The summed E-state index contributed by atoms with van der Waals surface area (Å²) < 4.78 is 0. The molecule has 0 saturated carbocycles. The molecule has 1 saturated heterocycles. The minimum absolute atomic E-state index is 0.321. The van der Waals surface area contributed by atoms with Crippen molar-refractivity contribution >= 4 is 34.7 Å². The molecule has 2 heterocycles. The van der Waals surface area contributed by atoms with E-state index in [1.54, 1.807) is 11.3 Å². The monoisotopic (exact) mass is 276 g/mol. The van der Waals surface area contributed by atoms with E-state index >= 15 is 0 Å². The molecule has 0 aliphatic carbocycles. The second kappa shape index (κ2) is 5.74. The van der Waals surface area contributed by atoms with E-state index in [-0.39, 0.29) is 0 Å². The van der Waals surface area contributed by atoms with Crippen molar-refractivity contribution in [3.8, 4) is 0 Å². The Morgan fingerprint density at radius 1 is 1.69 bits per heavy atom. The lowest BCUT2D eigenvalue weighted by molar-refractivity contribution is 0.195. The first-order chi connectivity index (χ1) is 7.72. The maximum Gasteiger partial charge on any atom is 0.0565 e. The first-order valence-corrected chi connectivity index (χ1v) is 7.87. The number of rotatable bonds is 4. The third kappa shape index (κ3) is 2.74.